The molecule has 0 radical (unpaired) electrons. The zero-order chi connectivity index (χ0) is 10.3. The zero-order valence-corrected chi connectivity index (χ0v) is 8.52. The van der Waals surface area contributed by atoms with Crippen LogP contribution in [0.4, 0.5) is 0 Å². The van der Waals surface area contributed by atoms with Crippen LogP contribution in [0.2, 0.25) is 0 Å². The van der Waals surface area contributed by atoms with Crippen LogP contribution in [-0.2, 0) is 0 Å². The molecule has 1 aliphatic heterocycles. The molecular formula is C12H14N2O. The third-order valence-corrected chi connectivity index (χ3v) is 2.10. The molecular weight excluding hydrogens is 188 g/mol. The quantitative estimate of drug-likeness (QED) is 0.757. The van der Waals surface area contributed by atoms with Crippen molar-refractivity contribution in [2.75, 3.05) is 13.1 Å². The van der Waals surface area contributed by atoms with Crippen molar-refractivity contribution in [1.29, 1.82) is 0 Å². The van der Waals surface area contributed by atoms with Gasteiger partial charge in [-0.3, -0.25) is 4.99 Å². The lowest BCUT2D eigenvalue weighted by Gasteiger charge is -1.99. The number of hydrogen-bond donors (Lipinski definition) is 1. The van der Waals surface area contributed by atoms with Gasteiger partial charge in [0.1, 0.15) is 11.6 Å². The molecule has 0 aromatic heterocycles. The molecule has 0 bridgehead atoms. The minimum atomic E-state index is 0.812. The standard InChI is InChI=1S/C12H14N2O/c1-2-5-11(6-3-1)15-10-4-7-12-13-8-9-14-12/h1-6,10H,7-9H2,(H,13,14). The molecule has 3 nitrogen and oxygen atoms in total. The Morgan fingerprint density at radius 2 is 2.20 bits per heavy atom. The summed E-state index contributed by atoms with van der Waals surface area (Å²) in [6.07, 6.45) is 4.48. The topological polar surface area (TPSA) is 33.6 Å². The first-order valence-corrected chi connectivity index (χ1v) is 5.09. The van der Waals surface area contributed by atoms with Crippen molar-refractivity contribution in [1.82, 2.24) is 5.32 Å². The van der Waals surface area contributed by atoms with E-state index in [-0.39, 0.29) is 0 Å². The highest BCUT2D eigenvalue weighted by atomic mass is 16.5. The molecule has 0 unspecified atom stereocenters. The van der Waals surface area contributed by atoms with Gasteiger partial charge < -0.3 is 10.1 Å². The number of rotatable bonds is 4. The van der Waals surface area contributed by atoms with Crippen LogP contribution < -0.4 is 10.1 Å². The van der Waals surface area contributed by atoms with Crippen molar-refractivity contribution in [2.45, 2.75) is 6.42 Å². The first-order chi connectivity index (χ1) is 7.45. The largest absolute Gasteiger partial charge is 0.465 e. The van der Waals surface area contributed by atoms with E-state index in [4.69, 9.17) is 4.74 Å². The van der Waals surface area contributed by atoms with Crippen molar-refractivity contribution < 1.29 is 4.74 Å². The van der Waals surface area contributed by atoms with Crippen LogP contribution in [0.3, 0.4) is 0 Å². The summed E-state index contributed by atoms with van der Waals surface area (Å²) in [5, 5.41) is 3.20. The first-order valence-electron chi connectivity index (χ1n) is 5.09. The lowest BCUT2D eigenvalue weighted by molar-refractivity contribution is 0.480. The minimum absolute atomic E-state index is 0.812. The molecule has 0 aliphatic carbocycles. The highest BCUT2D eigenvalue weighted by molar-refractivity contribution is 5.84. The number of nitrogens with one attached hydrogen (secondary N) is 1. The van der Waals surface area contributed by atoms with Gasteiger partial charge in [-0.25, -0.2) is 0 Å². The van der Waals surface area contributed by atoms with Crippen LogP contribution in [0.15, 0.2) is 47.7 Å². The van der Waals surface area contributed by atoms with Gasteiger partial charge in [0.2, 0.25) is 0 Å². The van der Waals surface area contributed by atoms with Gasteiger partial charge in [0.25, 0.3) is 0 Å². The molecule has 0 fully saturated rings. The van der Waals surface area contributed by atoms with Crippen LogP contribution in [-0.4, -0.2) is 18.9 Å². The van der Waals surface area contributed by atoms with E-state index in [0.29, 0.717) is 0 Å². The fraction of sp³-hybridized carbons (Fsp3) is 0.250. The second-order valence-electron chi connectivity index (χ2n) is 3.26. The van der Waals surface area contributed by atoms with Gasteiger partial charge in [0.15, 0.2) is 0 Å². The number of aliphatic imine (C=N–C) groups is 1. The lowest BCUT2D eigenvalue weighted by atomic mass is 10.3. The lowest BCUT2D eigenvalue weighted by Crippen LogP contribution is -2.17. The highest BCUT2D eigenvalue weighted by Crippen LogP contribution is 2.08. The van der Waals surface area contributed by atoms with Crippen molar-refractivity contribution in [2.24, 2.45) is 4.99 Å². The number of para-hydroxylation sites is 1. The van der Waals surface area contributed by atoms with Gasteiger partial charge in [0, 0.05) is 13.0 Å². The average molecular weight is 202 g/mol. The van der Waals surface area contributed by atoms with Gasteiger partial charge in [-0.2, -0.15) is 0 Å². The molecule has 3 heteroatoms. The molecule has 1 aromatic carbocycles. The van der Waals surface area contributed by atoms with E-state index in [1.54, 1.807) is 6.26 Å². The molecule has 78 valence electrons. The van der Waals surface area contributed by atoms with E-state index in [9.17, 15) is 0 Å². The van der Waals surface area contributed by atoms with Gasteiger partial charge in [-0.1, -0.05) is 18.2 Å². The number of amidine groups is 1. The molecule has 15 heavy (non-hydrogen) atoms. The van der Waals surface area contributed by atoms with Crippen LogP contribution in [0.5, 0.6) is 5.75 Å². The maximum absolute atomic E-state index is 5.40. The monoisotopic (exact) mass is 202 g/mol. The molecule has 1 heterocycles. The fourth-order valence-corrected chi connectivity index (χ4v) is 1.37. The maximum atomic E-state index is 5.40. The van der Waals surface area contributed by atoms with Gasteiger partial charge in [-0.05, 0) is 18.2 Å². The normalized spacial score (nSPS) is 15.1. The smallest absolute Gasteiger partial charge is 0.126 e. The Hall–Kier alpha value is -1.77. The molecule has 0 atom stereocenters. The Morgan fingerprint density at radius 3 is 2.93 bits per heavy atom. The third-order valence-electron chi connectivity index (χ3n) is 2.10. The van der Waals surface area contributed by atoms with Crippen LogP contribution in [0.1, 0.15) is 6.42 Å². The van der Waals surface area contributed by atoms with Gasteiger partial charge in [-0.15, -0.1) is 0 Å². The van der Waals surface area contributed by atoms with Crippen molar-refractivity contribution in [3.8, 4) is 5.75 Å². The molecule has 1 aromatic rings. The molecule has 2 rings (SSSR count). The molecule has 0 amide bonds. The van der Waals surface area contributed by atoms with Gasteiger partial charge in [0.05, 0.1) is 12.8 Å². The number of nitrogens with zero attached hydrogens (tertiary/aromatic N) is 1. The second-order valence-corrected chi connectivity index (χ2v) is 3.26. The summed E-state index contributed by atoms with van der Waals surface area (Å²) in [7, 11) is 0. The molecule has 0 saturated heterocycles. The predicted octanol–water partition coefficient (Wildman–Crippen LogP) is 1.97. The molecule has 0 spiro atoms. The number of benzene rings is 1. The van der Waals surface area contributed by atoms with Crippen molar-refractivity contribution in [3.63, 3.8) is 0 Å². The average Bonchev–Trinajstić information content (AvgIpc) is 2.79. The Balaban J connectivity index is 1.76. The van der Waals surface area contributed by atoms with E-state index in [0.717, 1.165) is 31.1 Å². The molecule has 1 aliphatic rings. The Kier molecular flexibility index (Phi) is 3.38. The minimum Gasteiger partial charge on any atom is -0.465 e. The summed E-state index contributed by atoms with van der Waals surface area (Å²) < 4.78 is 5.40. The van der Waals surface area contributed by atoms with Crippen molar-refractivity contribution >= 4 is 5.84 Å². The predicted molar refractivity (Wildman–Crippen MR) is 61.1 cm³/mol. The SMILES string of the molecule is C(=COc1ccccc1)CC1=NCCN1. The Bertz CT molecular complexity index is 357. The van der Waals surface area contributed by atoms with E-state index in [2.05, 4.69) is 10.3 Å². The van der Waals surface area contributed by atoms with Crippen LogP contribution in [0, 0.1) is 0 Å². The van der Waals surface area contributed by atoms with E-state index in [1.165, 1.54) is 0 Å². The van der Waals surface area contributed by atoms with Crippen LogP contribution >= 0.6 is 0 Å². The summed E-state index contributed by atoms with van der Waals surface area (Å²) in [4.78, 5) is 4.28. The summed E-state index contributed by atoms with van der Waals surface area (Å²) in [5.74, 6) is 1.90. The van der Waals surface area contributed by atoms with E-state index >= 15 is 0 Å². The first kappa shape index (κ1) is 9.77. The molecule has 0 saturated carbocycles. The summed E-state index contributed by atoms with van der Waals surface area (Å²) in [6.45, 7) is 1.85. The zero-order valence-electron chi connectivity index (χ0n) is 8.52. The summed E-state index contributed by atoms with van der Waals surface area (Å²) in [6, 6.07) is 9.72. The highest BCUT2D eigenvalue weighted by Gasteiger charge is 2.00. The third kappa shape index (κ3) is 3.13. The van der Waals surface area contributed by atoms with E-state index in [1.807, 2.05) is 36.4 Å². The number of ether oxygens (including phenoxy) is 1. The van der Waals surface area contributed by atoms with Crippen LogP contribution in [0.25, 0.3) is 0 Å². The summed E-state index contributed by atoms with van der Waals surface area (Å²) in [5.41, 5.74) is 0. The number of hydrogen-bond acceptors (Lipinski definition) is 3. The Labute approximate surface area is 89.5 Å². The second kappa shape index (κ2) is 5.20. The maximum Gasteiger partial charge on any atom is 0.126 e. The Morgan fingerprint density at radius 1 is 1.33 bits per heavy atom. The van der Waals surface area contributed by atoms with Gasteiger partial charge >= 0.3 is 0 Å². The molecule has 1 N–H and O–H groups in total. The summed E-state index contributed by atoms with van der Waals surface area (Å²) >= 11 is 0. The van der Waals surface area contributed by atoms with Crippen molar-refractivity contribution in [3.05, 3.63) is 42.7 Å². The van der Waals surface area contributed by atoms with E-state index < -0.39 is 0 Å². The fourth-order valence-electron chi connectivity index (χ4n) is 1.37.